The predicted molar refractivity (Wildman–Crippen MR) is 108 cm³/mol. The van der Waals surface area contributed by atoms with Crippen LogP contribution < -0.4 is 16.2 Å². The molecule has 1 atom stereocenters. The van der Waals surface area contributed by atoms with Gasteiger partial charge in [0, 0.05) is 48.1 Å². The van der Waals surface area contributed by atoms with Crippen LogP contribution in [0.3, 0.4) is 0 Å². The number of ketones is 1. The zero-order valence-electron chi connectivity index (χ0n) is 16.7. The van der Waals surface area contributed by atoms with Gasteiger partial charge in [0.05, 0.1) is 13.0 Å². The minimum atomic E-state index is -0.256. The number of hydrazine groups is 1. The van der Waals surface area contributed by atoms with E-state index < -0.39 is 0 Å². The van der Waals surface area contributed by atoms with Crippen molar-refractivity contribution < 1.29 is 14.0 Å². The molecule has 0 spiro atoms. The summed E-state index contributed by atoms with van der Waals surface area (Å²) >= 11 is 0. The van der Waals surface area contributed by atoms with Crippen LogP contribution in [0.1, 0.15) is 52.1 Å². The molecule has 4 rings (SSSR count). The Kier molecular flexibility index (Phi) is 5.78. The molecule has 2 aromatic rings. The molecule has 1 saturated heterocycles. The van der Waals surface area contributed by atoms with Crippen LogP contribution in [0.2, 0.25) is 0 Å². The van der Waals surface area contributed by atoms with Crippen LogP contribution >= 0.6 is 0 Å². The molecule has 0 bridgehead atoms. The number of fused-ring (bicyclic) bond motifs is 1. The minimum Gasteiger partial charge on any atom is -0.354 e. The lowest BCUT2D eigenvalue weighted by Gasteiger charge is -2.16. The molecule has 29 heavy (non-hydrogen) atoms. The average Bonchev–Trinajstić information content (AvgIpc) is 3.31. The van der Waals surface area contributed by atoms with Gasteiger partial charge < -0.3 is 9.88 Å². The van der Waals surface area contributed by atoms with Crippen molar-refractivity contribution >= 4 is 11.7 Å². The van der Waals surface area contributed by atoms with Gasteiger partial charge >= 0.3 is 0 Å². The summed E-state index contributed by atoms with van der Waals surface area (Å²) in [7, 11) is 0. The van der Waals surface area contributed by atoms with E-state index in [2.05, 4.69) is 16.2 Å². The van der Waals surface area contributed by atoms with Gasteiger partial charge in [-0.25, -0.2) is 4.39 Å². The van der Waals surface area contributed by atoms with Gasteiger partial charge in [0.1, 0.15) is 5.82 Å². The van der Waals surface area contributed by atoms with E-state index in [0.29, 0.717) is 30.6 Å². The van der Waals surface area contributed by atoms with E-state index >= 15 is 0 Å². The third-order valence-electron chi connectivity index (χ3n) is 5.95. The summed E-state index contributed by atoms with van der Waals surface area (Å²) in [5.41, 5.74) is 10.0. The normalized spacial score (nSPS) is 18.7. The molecular formula is C22H27FN4O2. The Hall–Kier alpha value is -2.51. The molecule has 3 N–H and O–H groups in total. The van der Waals surface area contributed by atoms with Gasteiger partial charge in [-0.15, -0.1) is 0 Å². The van der Waals surface area contributed by atoms with Crippen molar-refractivity contribution in [1.29, 1.82) is 0 Å². The van der Waals surface area contributed by atoms with Crippen molar-refractivity contribution in [3.05, 3.63) is 58.2 Å². The summed E-state index contributed by atoms with van der Waals surface area (Å²) in [5.74, 6) is -0.259. The maximum atomic E-state index is 14.2. The molecular weight excluding hydrogens is 371 g/mol. The van der Waals surface area contributed by atoms with Gasteiger partial charge in [-0.3, -0.25) is 20.4 Å². The Labute approximate surface area is 169 Å². The van der Waals surface area contributed by atoms with E-state index in [1.165, 1.54) is 6.07 Å². The molecule has 1 aromatic carbocycles. The highest BCUT2D eigenvalue weighted by atomic mass is 19.1. The highest BCUT2D eigenvalue weighted by molar-refractivity contribution is 6.01. The summed E-state index contributed by atoms with van der Waals surface area (Å²) in [6.07, 6.45) is 3.20. The van der Waals surface area contributed by atoms with Crippen LogP contribution in [-0.4, -0.2) is 35.4 Å². The van der Waals surface area contributed by atoms with E-state index in [0.717, 1.165) is 42.8 Å². The summed E-state index contributed by atoms with van der Waals surface area (Å²) in [4.78, 5) is 25.3. The van der Waals surface area contributed by atoms with Crippen molar-refractivity contribution in [2.75, 3.05) is 13.1 Å². The Morgan fingerprint density at radius 3 is 2.90 bits per heavy atom. The number of halogens is 1. The van der Waals surface area contributed by atoms with Crippen LogP contribution in [0.5, 0.6) is 0 Å². The molecule has 1 unspecified atom stereocenters. The number of hydrogen-bond acceptors (Lipinski definition) is 4. The quantitative estimate of drug-likeness (QED) is 0.696. The number of nitrogens with zero attached hydrogens (tertiary/aromatic N) is 1. The summed E-state index contributed by atoms with van der Waals surface area (Å²) in [5, 5.41) is 2.97. The molecule has 2 heterocycles. The number of nitrogens with one attached hydrogen (secondary N) is 3. The number of Topliss-reactive ketones (excluding diaryl/α,β-unsaturated/α-hetero) is 1. The van der Waals surface area contributed by atoms with Crippen molar-refractivity contribution in [3.8, 4) is 0 Å². The Balaban J connectivity index is 1.59. The first-order valence-corrected chi connectivity index (χ1v) is 10.3. The van der Waals surface area contributed by atoms with Crippen LogP contribution in [0.4, 0.5) is 4.39 Å². The van der Waals surface area contributed by atoms with Gasteiger partial charge in [-0.1, -0.05) is 18.2 Å². The van der Waals surface area contributed by atoms with Crippen molar-refractivity contribution in [1.82, 2.24) is 20.7 Å². The predicted octanol–water partition coefficient (Wildman–Crippen LogP) is 2.03. The SMILES string of the molecule is Cc1c(CC(=O)NCC2CCNN2)c2c(n1Cc1ccccc1F)CCCC2=O. The molecule has 1 aliphatic heterocycles. The number of hydrogen-bond donors (Lipinski definition) is 3. The van der Waals surface area contributed by atoms with Gasteiger partial charge in [0.2, 0.25) is 5.91 Å². The molecule has 1 aromatic heterocycles. The second kappa shape index (κ2) is 8.47. The third kappa shape index (κ3) is 4.11. The number of benzene rings is 1. The second-order valence-corrected chi connectivity index (χ2v) is 7.88. The largest absolute Gasteiger partial charge is 0.354 e. The maximum Gasteiger partial charge on any atom is 0.224 e. The molecule has 1 aliphatic carbocycles. The van der Waals surface area contributed by atoms with Crippen molar-refractivity contribution in [3.63, 3.8) is 0 Å². The Bertz CT molecular complexity index is 931. The molecule has 154 valence electrons. The van der Waals surface area contributed by atoms with Crippen LogP contribution in [0.25, 0.3) is 0 Å². The van der Waals surface area contributed by atoms with E-state index in [4.69, 9.17) is 0 Å². The molecule has 0 radical (unpaired) electrons. The minimum absolute atomic E-state index is 0.0890. The van der Waals surface area contributed by atoms with Gasteiger partial charge in [0.25, 0.3) is 0 Å². The standard InChI is InChI=1S/C22H27FN4O2/c1-14-17(11-21(29)24-12-16-9-10-25-26-16)22-19(7-4-8-20(22)28)27(14)13-15-5-2-3-6-18(15)23/h2-3,5-6,16,25-26H,4,7-13H2,1H3,(H,24,29). The molecule has 1 amide bonds. The van der Waals surface area contributed by atoms with Crippen molar-refractivity contribution in [2.45, 2.75) is 51.6 Å². The highest BCUT2D eigenvalue weighted by Gasteiger charge is 2.29. The molecule has 1 fully saturated rings. The average molecular weight is 398 g/mol. The smallest absolute Gasteiger partial charge is 0.224 e. The first-order valence-electron chi connectivity index (χ1n) is 10.3. The van der Waals surface area contributed by atoms with Crippen LogP contribution in [-0.2, 0) is 24.2 Å². The zero-order valence-corrected chi connectivity index (χ0v) is 16.7. The lowest BCUT2D eigenvalue weighted by Crippen LogP contribution is -2.40. The van der Waals surface area contributed by atoms with E-state index in [-0.39, 0.29) is 30.0 Å². The number of aromatic nitrogens is 1. The highest BCUT2D eigenvalue weighted by Crippen LogP contribution is 2.31. The fraction of sp³-hybridized carbons (Fsp3) is 0.455. The summed E-state index contributed by atoms with van der Waals surface area (Å²) in [6, 6.07) is 6.92. The second-order valence-electron chi connectivity index (χ2n) is 7.88. The number of rotatable bonds is 6. The number of carbonyl (C=O) groups is 2. The van der Waals surface area contributed by atoms with E-state index in [1.807, 2.05) is 17.6 Å². The zero-order chi connectivity index (χ0) is 20.4. The molecule has 0 saturated carbocycles. The maximum absolute atomic E-state index is 14.2. The van der Waals surface area contributed by atoms with Gasteiger partial charge in [-0.05, 0) is 37.8 Å². The molecule has 2 aliphatic rings. The van der Waals surface area contributed by atoms with Crippen LogP contribution in [0.15, 0.2) is 24.3 Å². The first-order chi connectivity index (χ1) is 14.0. The monoisotopic (exact) mass is 398 g/mol. The summed E-state index contributed by atoms with van der Waals surface area (Å²) < 4.78 is 16.2. The van der Waals surface area contributed by atoms with Crippen molar-refractivity contribution in [2.24, 2.45) is 0 Å². The summed E-state index contributed by atoms with van der Waals surface area (Å²) in [6.45, 7) is 3.74. The van der Waals surface area contributed by atoms with E-state index in [1.54, 1.807) is 12.1 Å². The topological polar surface area (TPSA) is 75.2 Å². The van der Waals surface area contributed by atoms with E-state index in [9.17, 15) is 14.0 Å². The molecule has 7 heteroatoms. The Morgan fingerprint density at radius 1 is 1.31 bits per heavy atom. The molecule has 6 nitrogen and oxygen atoms in total. The lowest BCUT2D eigenvalue weighted by atomic mass is 9.92. The fourth-order valence-corrected chi connectivity index (χ4v) is 4.36. The third-order valence-corrected chi connectivity index (χ3v) is 5.95. The lowest BCUT2D eigenvalue weighted by molar-refractivity contribution is -0.120. The van der Waals surface area contributed by atoms with Gasteiger partial charge in [-0.2, -0.15) is 0 Å². The van der Waals surface area contributed by atoms with Crippen LogP contribution in [0, 0.1) is 12.7 Å². The number of amides is 1. The fourth-order valence-electron chi connectivity index (χ4n) is 4.36. The number of carbonyl (C=O) groups excluding carboxylic acids is 2. The van der Waals surface area contributed by atoms with Gasteiger partial charge in [0.15, 0.2) is 5.78 Å². The first kappa shape index (κ1) is 19.8. The Morgan fingerprint density at radius 2 is 2.14 bits per heavy atom.